The highest BCUT2D eigenvalue weighted by Gasteiger charge is 2.26. The molecule has 124 valence electrons. The lowest BCUT2D eigenvalue weighted by Gasteiger charge is -2.22. The smallest absolute Gasteiger partial charge is 0.147 e. The highest BCUT2D eigenvalue weighted by atomic mass is 15.4. The van der Waals surface area contributed by atoms with E-state index in [-0.39, 0.29) is 0 Å². The number of aryl methyl sites for hydroxylation is 3. The predicted molar refractivity (Wildman–Crippen MR) is 90.8 cm³/mol. The summed E-state index contributed by atoms with van der Waals surface area (Å²) in [5, 5.41) is 8.89. The molecule has 1 unspecified atom stereocenters. The number of benzene rings is 1. The predicted octanol–water partition coefficient (Wildman–Crippen LogP) is 2.52. The van der Waals surface area contributed by atoms with Crippen molar-refractivity contribution in [2.45, 2.75) is 52.1 Å². The third-order valence-corrected chi connectivity index (χ3v) is 4.75. The van der Waals surface area contributed by atoms with Gasteiger partial charge in [-0.1, -0.05) is 31.2 Å². The van der Waals surface area contributed by atoms with Crippen LogP contribution in [0.2, 0.25) is 0 Å². The lowest BCUT2D eigenvalue weighted by atomic mass is 9.97. The number of fused-ring (bicyclic) bond motifs is 1. The highest BCUT2D eigenvalue weighted by molar-refractivity contribution is 5.23. The zero-order valence-corrected chi connectivity index (χ0v) is 14.2. The molecule has 1 atom stereocenters. The van der Waals surface area contributed by atoms with Crippen molar-refractivity contribution < 1.29 is 0 Å². The minimum atomic E-state index is 0.359. The second kappa shape index (κ2) is 6.19. The summed E-state index contributed by atoms with van der Waals surface area (Å²) in [6.07, 6.45) is 4.62. The van der Waals surface area contributed by atoms with Crippen LogP contribution in [-0.2, 0) is 25.9 Å². The number of nitrogens with zero attached hydrogens (tertiary/aromatic N) is 6. The Morgan fingerprint density at radius 3 is 2.75 bits per heavy atom. The van der Waals surface area contributed by atoms with E-state index in [1.807, 2.05) is 11.6 Å². The minimum absolute atomic E-state index is 0.359. The molecule has 0 bridgehead atoms. The molecule has 0 aliphatic carbocycles. The molecule has 0 fully saturated rings. The monoisotopic (exact) mass is 322 g/mol. The summed E-state index contributed by atoms with van der Waals surface area (Å²) in [4.78, 5) is 9.08. The molecular formula is C18H22N6. The summed E-state index contributed by atoms with van der Waals surface area (Å²) >= 11 is 0. The van der Waals surface area contributed by atoms with Crippen LogP contribution < -0.4 is 0 Å². The van der Waals surface area contributed by atoms with Gasteiger partial charge in [0.05, 0.1) is 6.54 Å². The van der Waals surface area contributed by atoms with Crippen LogP contribution in [0.1, 0.15) is 47.9 Å². The molecule has 3 heterocycles. The standard InChI is InChI=1S/C18H22N6/c1-3-14-4-6-15(7-5-14)11-24-18(21-13(2)22-24)16-8-9-23-17(10-16)19-12-20-23/h4-7,12,16H,3,8-11H2,1-2H3. The van der Waals surface area contributed by atoms with Crippen LogP contribution in [0.4, 0.5) is 0 Å². The first kappa shape index (κ1) is 15.1. The van der Waals surface area contributed by atoms with Crippen molar-refractivity contribution in [3.05, 3.63) is 59.2 Å². The first-order chi connectivity index (χ1) is 11.7. The van der Waals surface area contributed by atoms with E-state index < -0.39 is 0 Å². The summed E-state index contributed by atoms with van der Waals surface area (Å²) in [7, 11) is 0. The van der Waals surface area contributed by atoms with E-state index in [0.29, 0.717) is 5.92 Å². The third-order valence-electron chi connectivity index (χ3n) is 4.75. The molecule has 6 nitrogen and oxygen atoms in total. The van der Waals surface area contributed by atoms with Crippen molar-refractivity contribution in [2.75, 3.05) is 0 Å². The van der Waals surface area contributed by atoms with Gasteiger partial charge in [-0.15, -0.1) is 0 Å². The number of aromatic nitrogens is 6. The summed E-state index contributed by atoms with van der Waals surface area (Å²) in [5.74, 6) is 3.31. The van der Waals surface area contributed by atoms with Crippen molar-refractivity contribution in [3.8, 4) is 0 Å². The maximum atomic E-state index is 4.72. The van der Waals surface area contributed by atoms with Crippen LogP contribution in [-0.4, -0.2) is 29.5 Å². The molecule has 24 heavy (non-hydrogen) atoms. The SMILES string of the molecule is CCc1ccc(Cn2nc(C)nc2C2CCn3ncnc3C2)cc1. The largest absolute Gasteiger partial charge is 0.250 e. The molecule has 3 aromatic rings. The lowest BCUT2D eigenvalue weighted by Crippen LogP contribution is -2.22. The molecule has 0 saturated carbocycles. The van der Waals surface area contributed by atoms with Crippen molar-refractivity contribution in [3.63, 3.8) is 0 Å². The molecule has 0 amide bonds. The summed E-state index contributed by atoms with van der Waals surface area (Å²) in [6, 6.07) is 8.78. The van der Waals surface area contributed by atoms with Crippen LogP contribution in [0, 0.1) is 6.92 Å². The van der Waals surface area contributed by atoms with Gasteiger partial charge < -0.3 is 0 Å². The Hall–Kier alpha value is -2.50. The molecule has 0 spiro atoms. The Balaban J connectivity index is 1.58. The molecule has 1 aromatic carbocycles. The van der Waals surface area contributed by atoms with Gasteiger partial charge in [-0.2, -0.15) is 10.2 Å². The summed E-state index contributed by atoms with van der Waals surface area (Å²) in [5.41, 5.74) is 2.62. The van der Waals surface area contributed by atoms with Gasteiger partial charge in [0.2, 0.25) is 0 Å². The Morgan fingerprint density at radius 2 is 1.96 bits per heavy atom. The van der Waals surface area contributed by atoms with Gasteiger partial charge in [-0.05, 0) is 30.9 Å². The van der Waals surface area contributed by atoms with Crippen molar-refractivity contribution in [1.29, 1.82) is 0 Å². The van der Waals surface area contributed by atoms with Crippen LogP contribution in [0.5, 0.6) is 0 Å². The fraction of sp³-hybridized carbons (Fsp3) is 0.444. The summed E-state index contributed by atoms with van der Waals surface area (Å²) < 4.78 is 4.06. The molecule has 2 aromatic heterocycles. The Morgan fingerprint density at radius 1 is 1.17 bits per heavy atom. The van der Waals surface area contributed by atoms with E-state index >= 15 is 0 Å². The van der Waals surface area contributed by atoms with Gasteiger partial charge in [0.25, 0.3) is 0 Å². The number of rotatable bonds is 4. The maximum Gasteiger partial charge on any atom is 0.147 e. The van der Waals surface area contributed by atoms with Crippen LogP contribution in [0.25, 0.3) is 0 Å². The van der Waals surface area contributed by atoms with E-state index in [0.717, 1.165) is 49.8 Å². The fourth-order valence-corrected chi connectivity index (χ4v) is 3.40. The first-order valence-corrected chi connectivity index (χ1v) is 8.58. The molecule has 0 radical (unpaired) electrons. The second-order valence-corrected chi connectivity index (χ2v) is 6.43. The average molecular weight is 322 g/mol. The van der Waals surface area contributed by atoms with E-state index in [9.17, 15) is 0 Å². The van der Waals surface area contributed by atoms with Gasteiger partial charge in [0, 0.05) is 18.9 Å². The molecule has 6 heteroatoms. The molecule has 0 N–H and O–H groups in total. The number of hydrogen-bond acceptors (Lipinski definition) is 4. The maximum absolute atomic E-state index is 4.72. The van der Waals surface area contributed by atoms with Crippen LogP contribution >= 0.6 is 0 Å². The number of hydrogen-bond donors (Lipinski definition) is 0. The second-order valence-electron chi connectivity index (χ2n) is 6.43. The van der Waals surface area contributed by atoms with Gasteiger partial charge in [0.15, 0.2) is 0 Å². The van der Waals surface area contributed by atoms with Crippen LogP contribution in [0.3, 0.4) is 0 Å². The normalized spacial score (nSPS) is 17.0. The van der Waals surface area contributed by atoms with Crippen molar-refractivity contribution >= 4 is 0 Å². The molecule has 4 rings (SSSR count). The molecular weight excluding hydrogens is 300 g/mol. The quantitative estimate of drug-likeness (QED) is 0.740. The van der Waals surface area contributed by atoms with Crippen LogP contribution in [0.15, 0.2) is 30.6 Å². The van der Waals surface area contributed by atoms with E-state index in [2.05, 4.69) is 51.1 Å². The topological polar surface area (TPSA) is 61.4 Å². The van der Waals surface area contributed by atoms with Crippen molar-refractivity contribution in [1.82, 2.24) is 29.5 Å². The summed E-state index contributed by atoms with van der Waals surface area (Å²) in [6.45, 7) is 5.81. The highest BCUT2D eigenvalue weighted by Crippen LogP contribution is 2.27. The van der Waals surface area contributed by atoms with Gasteiger partial charge in [-0.25, -0.2) is 14.6 Å². The zero-order valence-electron chi connectivity index (χ0n) is 14.2. The minimum Gasteiger partial charge on any atom is -0.250 e. The average Bonchev–Trinajstić information content (AvgIpc) is 3.21. The van der Waals surface area contributed by atoms with Crippen molar-refractivity contribution in [2.24, 2.45) is 0 Å². The third kappa shape index (κ3) is 2.84. The Bertz CT molecular complexity index is 830. The molecule has 1 aliphatic rings. The van der Waals surface area contributed by atoms with E-state index in [1.54, 1.807) is 6.33 Å². The molecule has 0 saturated heterocycles. The lowest BCUT2D eigenvalue weighted by molar-refractivity contribution is 0.409. The molecule has 1 aliphatic heterocycles. The fourth-order valence-electron chi connectivity index (χ4n) is 3.40. The van der Waals surface area contributed by atoms with Gasteiger partial charge in [-0.3, -0.25) is 4.68 Å². The Kier molecular flexibility index (Phi) is 3.88. The first-order valence-electron chi connectivity index (χ1n) is 8.58. The zero-order chi connectivity index (χ0) is 16.5. The van der Waals surface area contributed by atoms with Gasteiger partial charge >= 0.3 is 0 Å². The van der Waals surface area contributed by atoms with E-state index in [1.165, 1.54) is 11.1 Å². The van der Waals surface area contributed by atoms with E-state index in [4.69, 9.17) is 4.98 Å². The van der Waals surface area contributed by atoms with Gasteiger partial charge in [0.1, 0.15) is 23.8 Å². The Labute approximate surface area is 141 Å².